The molecule has 84 valence electrons. The van der Waals surface area contributed by atoms with Crippen LogP contribution in [0.2, 0.25) is 0 Å². The van der Waals surface area contributed by atoms with Crippen LogP contribution in [-0.4, -0.2) is 30.7 Å². The Balaban J connectivity index is 0.00000196. The van der Waals surface area contributed by atoms with Crippen molar-refractivity contribution in [2.75, 3.05) is 26.2 Å². The van der Waals surface area contributed by atoms with Gasteiger partial charge < -0.3 is 21.5 Å². The molecule has 1 aliphatic rings. The molecular formula is C13H20BrN. The van der Waals surface area contributed by atoms with Gasteiger partial charge in [0, 0.05) is 0 Å². The molecule has 0 unspecified atom stereocenters. The van der Waals surface area contributed by atoms with E-state index in [4.69, 9.17) is 0 Å². The monoisotopic (exact) mass is 269 g/mol. The highest BCUT2D eigenvalue weighted by molar-refractivity contribution is 5.12. The van der Waals surface area contributed by atoms with E-state index in [0.29, 0.717) is 0 Å². The van der Waals surface area contributed by atoms with Gasteiger partial charge in [-0.2, -0.15) is 0 Å². The van der Waals surface area contributed by atoms with Gasteiger partial charge in [0.05, 0.1) is 19.6 Å². The average molecular weight is 270 g/mol. The van der Waals surface area contributed by atoms with Crippen LogP contribution in [0.4, 0.5) is 0 Å². The van der Waals surface area contributed by atoms with E-state index in [0.717, 1.165) is 17.6 Å². The minimum absolute atomic E-state index is 0. The lowest BCUT2D eigenvalue weighted by Crippen LogP contribution is -3.00. The Morgan fingerprint density at radius 3 is 2.33 bits per heavy atom. The largest absolute Gasteiger partial charge is 1.00 e. The number of likely N-dealkylation sites (tertiary alicyclic amines) is 1. The molecular weight excluding hydrogens is 250 g/mol. The van der Waals surface area contributed by atoms with E-state index in [1.54, 1.807) is 6.08 Å². The van der Waals surface area contributed by atoms with Gasteiger partial charge in [-0.15, -0.1) is 0 Å². The molecule has 0 radical (unpaired) electrons. The lowest BCUT2D eigenvalue weighted by Gasteiger charge is -2.39. The minimum Gasteiger partial charge on any atom is -1.00 e. The van der Waals surface area contributed by atoms with E-state index >= 15 is 0 Å². The highest BCUT2D eigenvalue weighted by Crippen LogP contribution is 2.18. The van der Waals surface area contributed by atoms with Crippen LogP contribution in [-0.2, 0) is 0 Å². The fraction of sp³-hybridized carbons (Fsp3) is 0.538. The van der Waals surface area contributed by atoms with Gasteiger partial charge >= 0.3 is 0 Å². The smallest absolute Gasteiger partial charge is 0.141 e. The number of halogens is 1. The fourth-order valence-electron chi connectivity index (χ4n) is 2.15. The Labute approximate surface area is 104 Å². The summed E-state index contributed by atoms with van der Waals surface area (Å²) in [4.78, 5) is 0. The molecule has 15 heavy (non-hydrogen) atoms. The first-order valence-electron chi connectivity index (χ1n) is 5.38. The molecule has 1 rings (SSSR count). The van der Waals surface area contributed by atoms with Crippen molar-refractivity contribution in [1.82, 2.24) is 0 Å². The normalized spacial score (nSPS) is 17.9. The van der Waals surface area contributed by atoms with Crippen molar-refractivity contribution >= 4 is 0 Å². The zero-order valence-corrected chi connectivity index (χ0v) is 10.9. The minimum atomic E-state index is 0. The van der Waals surface area contributed by atoms with Crippen molar-refractivity contribution in [3.05, 3.63) is 25.3 Å². The lowest BCUT2D eigenvalue weighted by atomic mass is 10.1. The maximum absolute atomic E-state index is 3.84. The predicted octanol–water partition coefficient (Wildman–Crippen LogP) is -0.633. The number of hydrogen-bond acceptors (Lipinski definition) is 0. The van der Waals surface area contributed by atoms with Gasteiger partial charge in [0.2, 0.25) is 0 Å². The van der Waals surface area contributed by atoms with E-state index in [-0.39, 0.29) is 17.0 Å². The number of hydrogen-bond donors (Lipinski definition) is 0. The zero-order chi connectivity index (χ0) is 10.3. The third kappa shape index (κ3) is 4.68. The Kier molecular flexibility index (Phi) is 7.46. The molecule has 0 amide bonds. The van der Waals surface area contributed by atoms with Gasteiger partial charge in [0.15, 0.2) is 0 Å². The molecule has 1 fully saturated rings. The van der Waals surface area contributed by atoms with Crippen molar-refractivity contribution in [2.45, 2.75) is 19.3 Å². The summed E-state index contributed by atoms with van der Waals surface area (Å²) in [6.07, 6.45) is 7.76. The Hall–Kier alpha value is -0.520. The molecule has 0 atom stereocenters. The lowest BCUT2D eigenvalue weighted by molar-refractivity contribution is -0.920. The van der Waals surface area contributed by atoms with E-state index in [2.05, 4.69) is 25.0 Å². The van der Waals surface area contributed by atoms with E-state index in [9.17, 15) is 0 Å². The maximum Gasteiger partial charge on any atom is 0.141 e. The van der Waals surface area contributed by atoms with E-state index < -0.39 is 0 Å². The van der Waals surface area contributed by atoms with Crippen molar-refractivity contribution in [3.8, 4) is 11.8 Å². The summed E-state index contributed by atoms with van der Waals surface area (Å²) in [7, 11) is 0. The van der Waals surface area contributed by atoms with Crippen LogP contribution >= 0.6 is 0 Å². The molecule has 0 aliphatic carbocycles. The first kappa shape index (κ1) is 14.5. The molecule has 0 bridgehead atoms. The average Bonchev–Trinajstić information content (AvgIpc) is 2.20. The highest BCUT2D eigenvalue weighted by atomic mass is 79.9. The Bertz CT molecular complexity index is 253. The molecule has 0 spiro atoms. The molecule has 0 aromatic rings. The van der Waals surface area contributed by atoms with Gasteiger partial charge in [0.1, 0.15) is 6.54 Å². The third-order valence-corrected chi connectivity index (χ3v) is 2.90. The van der Waals surface area contributed by atoms with Crippen LogP contribution in [0.15, 0.2) is 25.3 Å². The number of piperidine rings is 1. The Morgan fingerprint density at radius 2 is 1.80 bits per heavy atom. The maximum atomic E-state index is 3.84. The SMILES string of the molecule is C=CC#CC[N+]1(CC=C)CCCCC1.[Br-]. The number of quaternary nitrogens is 1. The zero-order valence-electron chi connectivity index (χ0n) is 9.34. The van der Waals surface area contributed by atoms with Crippen molar-refractivity contribution < 1.29 is 21.5 Å². The van der Waals surface area contributed by atoms with Gasteiger partial charge in [-0.1, -0.05) is 19.1 Å². The summed E-state index contributed by atoms with van der Waals surface area (Å²) in [5, 5.41) is 0. The second-order valence-electron chi connectivity index (χ2n) is 4.00. The van der Waals surface area contributed by atoms with E-state index in [1.165, 1.54) is 32.4 Å². The molecule has 0 N–H and O–H groups in total. The predicted molar refractivity (Wildman–Crippen MR) is 61.7 cm³/mol. The van der Waals surface area contributed by atoms with Crippen LogP contribution in [0.25, 0.3) is 0 Å². The molecule has 1 heterocycles. The second-order valence-corrected chi connectivity index (χ2v) is 4.00. The summed E-state index contributed by atoms with van der Waals surface area (Å²) < 4.78 is 1.12. The molecule has 1 aliphatic heterocycles. The fourth-order valence-corrected chi connectivity index (χ4v) is 2.15. The van der Waals surface area contributed by atoms with Gasteiger partial charge in [-0.25, -0.2) is 0 Å². The van der Waals surface area contributed by atoms with Crippen LogP contribution in [0.3, 0.4) is 0 Å². The number of rotatable bonds is 3. The first-order valence-corrected chi connectivity index (χ1v) is 5.38. The topological polar surface area (TPSA) is 0 Å². The molecule has 0 aromatic carbocycles. The summed E-state index contributed by atoms with van der Waals surface area (Å²) in [5.41, 5.74) is 0. The summed E-state index contributed by atoms with van der Waals surface area (Å²) in [6.45, 7) is 12.0. The molecule has 2 heteroatoms. The highest BCUT2D eigenvalue weighted by Gasteiger charge is 2.27. The first-order chi connectivity index (χ1) is 6.83. The summed E-state index contributed by atoms with van der Waals surface area (Å²) in [6, 6.07) is 0. The number of nitrogens with zero attached hydrogens (tertiary/aromatic N) is 1. The van der Waals surface area contributed by atoms with Crippen molar-refractivity contribution in [2.24, 2.45) is 0 Å². The quantitative estimate of drug-likeness (QED) is 0.364. The van der Waals surface area contributed by atoms with Crippen LogP contribution < -0.4 is 17.0 Å². The van der Waals surface area contributed by atoms with Gasteiger partial charge in [-0.05, 0) is 37.3 Å². The second kappa shape index (κ2) is 7.73. The number of allylic oxidation sites excluding steroid dienone is 1. The van der Waals surface area contributed by atoms with Crippen molar-refractivity contribution in [1.29, 1.82) is 0 Å². The summed E-state index contributed by atoms with van der Waals surface area (Å²) >= 11 is 0. The van der Waals surface area contributed by atoms with Crippen LogP contribution in [0.1, 0.15) is 19.3 Å². The van der Waals surface area contributed by atoms with Crippen LogP contribution in [0.5, 0.6) is 0 Å². The summed E-state index contributed by atoms with van der Waals surface area (Å²) in [5.74, 6) is 6.13. The molecule has 0 aromatic heterocycles. The molecule has 0 saturated carbocycles. The van der Waals surface area contributed by atoms with Crippen LogP contribution in [0, 0.1) is 11.8 Å². The molecule has 1 nitrogen and oxygen atoms in total. The van der Waals surface area contributed by atoms with Gasteiger partial charge in [-0.3, -0.25) is 0 Å². The van der Waals surface area contributed by atoms with Gasteiger partial charge in [0.25, 0.3) is 0 Å². The Morgan fingerprint density at radius 1 is 1.13 bits per heavy atom. The molecule has 1 saturated heterocycles. The van der Waals surface area contributed by atoms with E-state index in [1.807, 2.05) is 6.08 Å². The standard InChI is InChI=1S/C13H20N.BrH/c1-3-5-7-11-14(10-4-2)12-8-6-9-13-14;/h3-4H,1-2,6,8-13H2;1H/q+1;/p-1. The van der Waals surface area contributed by atoms with Crippen molar-refractivity contribution in [3.63, 3.8) is 0 Å². The third-order valence-electron chi connectivity index (χ3n) is 2.90.